The van der Waals surface area contributed by atoms with Crippen molar-refractivity contribution in [2.75, 3.05) is 6.54 Å². The van der Waals surface area contributed by atoms with Crippen molar-refractivity contribution in [3.8, 4) is 0 Å². The first kappa shape index (κ1) is 21.4. The first-order valence-electron chi connectivity index (χ1n) is 8.47. The number of esters is 1. The van der Waals surface area contributed by atoms with E-state index >= 15 is 0 Å². The van der Waals surface area contributed by atoms with Crippen LogP contribution < -0.4 is 5.73 Å². The number of alkyl halides is 1. The normalized spacial score (nSPS) is 23.2. The molecule has 28 heavy (non-hydrogen) atoms. The van der Waals surface area contributed by atoms with Crippen LogP contribution in [-0.2, 0) is 28.6 Å². The summed E-state index contributed by atoms with van der Waals surface area (Å²) in [5.74, 6) is -2.25. The van der Waals surface area contributed by atoms with Gasteiger partial charge in [-0.05, 0) is 26.3 Å². The molecule has 2 bridgehead atoms. The van der Waals surface area contributed by atoms with Gasteiger partial charge in [0.05, 0.1) is 18.7 Å². The average Bonchev–Trinajstić information content (AvgIpc) is 2.78. The number of primary amides is 1. The fraction of sp³-hybridized carbons (Fsp3) is 0.625. The molecule has 2 rings (SSSR count). The van der Waals surface area contributed by atoms with E-state index in [-0.39, 0.29) is 6.54 Å². The summed E-state index contributed by atoms with van der Waals surface area (Å²) in [6.45, 7) is 5.99. The lowest BCUT2D eigenvalue weighted by Gasteiger charge is -2.27. The van der Waals surface area contributed by atoms with Crippen LogP contribution in [0.1, 0.15) is 27.7 Å². The predicted octanol–water partition coefficient (Wildman–Crippen LogP) is 0.584. The van der Waals surface area contributed by atoms with E-state index in [2.05, 4.69) is 9.47 Å². The molecule has 0 aliphatic carbocycles. The van der Waals surface area contributed by atoms with Crippen LogP contribution in [0.5, 0.6) is 0 Å². The van der Waals surface area contributed by atoms with Crippen LogP contribution in [0.25, 0.3) is 0 Å². The number of fused-ring (bicyclic) bond motifs is 2. The molecular formula is C16H22FN3O8. The Bertz CT molecular complexity index is 697. The van der Waals surface area contributed by atoms with Crippen LogP contribution in [0.15, 0.2) is 11.6 Å². The standard InChI is InChI=1S/C16H22FN3O8/c1-7(2)25-16(24)27-9(4)26-14(22)12(17)28-20-10-5-8(3)11(13(18)21)19(6-10)15(20)23/h5,7,9-12H,6H2,1-4H3,(H2,18,21)/t9?,10-,11+,12+/m1/s1. The number of carbonyl (C=O) groups excluding carboxylic acids is 4. The number of halogens is 1. The molecule has 2 aliphatic rings. The average molecular weight is 403 g/mol. The molecule has 1 saturated heterocycles. The van der Waals surface area contributed by atoms with Crippen LogP contribution in [0.3, 0.4) is 0 Å². The van der Waals surface area contributed by atoms with Crippen molar-refractivity contribution in [3.63, 3.8) is 0 Å². The second kappa shape index (κ2) is 8.42. The summed E-state index contributed by atoms with van der Waals surface area (Å²) in [6.07, 6.45) is -4.13. The van der Waals surface area contributed by atoms with Gasteiger partial charge in [0.25, 0.3) is 0 Å². The number of nitrogens with two attached hydrogens (primary N) is 1. The maximum Gasteiger partial charge on any atom is 0.511 e. The van der Waals surface area contributed by atoms with E-state index < -0.39 is 54.9 Å². The highest BCUT2D eigenvalue weighted by atomic mass is 19.1. The van der Waals surface area contributed by atoms with E-state index in [9.17, 15) is 23.6 Å². The SMILES string of the molecule is CC1=C[C@@H]2CN(C(=O)N2O[C@H](F)C(=O)OC(C)OC(=O)OC(C)C)[C@@H]1C(N)=O. The minimum atomic E-state index is -2.67. The van der Waals surface area contributed by atoms with Gasteiger partial charge in [-0.15, -0.1) is 0 Å². The van der Waals surface area contributed by atoms with Crippen LogP contribution in [0, 0.1) is 0 Å². The van der Waals surface area contributed by atoms with Crippen molar-refractivity contribution >= 4 is 24.1 Å². The molecule has 0 spiro atoms. The maximum absolute atomic E-state index is 14.1. The highest BCUT2D eigenvalue weighted by Gasteiger charge is 2.48. The Labute approximate surface area is 160 Å². The molecular weight excluding hydrogens is 381 g/mol. The summed E-state index contributed by atoms with van der Waals surface area (Å²) in [5, 5.41) is 0.636. The van der Waals surface area contributed by atoms with Gasteiger partial charge in [-0.2, -0.15) is 5.06 Å². The zero-order chi connectivity index (χ0) is 21.2. The molecule has 1 unspecified atom stereocenters. The third-order valence-corrected chi connectivity index (χ3v) is 3.85. The van der Waals surface area contributed by atoms with Gasteiger partial charge in [-0.25, -0.2) is 23.6 Å². The van der Waals surface area contributed by atoms with Gasteiger partial charge < -0.3 is 24.8 Å². The number of nitrogens with zero attached hydrogens (tertiary/aromatic N) is 2. The zero-order valence-electron chi connectivity index (χ0n) is 15.8. The molecule has 2 aliphatic heterocycles. The van der Waals surface area contributed by atoms with Crippen molar-refractivity contribution in [1.29, 1.82) is 0 Å². The number of hydroxylamine groups is 2. The third kappa shape index (κ3) is 4.68. The second-order valence-electron chi connectivity index (χ2n) is 6.50. The van der Waals surface area contributed by atoms with Crippen molar-refractivity contribution < 1.29 is 42.6 Å². The number of carbonyl (C=O) groups is 4. The van der Waals surface area contributed by atoms with Crippen molar-refractivity contribution in [3.05, 3.63) is 11.6 Å². The lowest BCUT2D eigenvalue weighted by atomic mass is 10.0. The Kier molecular flexibility index (Phi) is 6.44. The van der Waals surface area contributed by atoms with E-state index in [1.165, 1.54) is 13.0 Å². The summed E-state index contributed by atoms with van der Waals surface area (Å²) < 4.78 is 28.1. The highest BCUT2D eigenvalue weighted by Crippen LogP contribution is 2.30. The first-order valence-corrected chi connectivity index (χ1v) is 8.47. The fourth-order valence-electron chi connectivity index (χ4n) is 2.84. The van der Waals surface area contributed by atoms with Gasteiger partial charge in [0, 0.05) is 6.92 Å². The monoisotopic (exact) mass is 403 g/mol. The van der Waals surface area contributed by atoms with Gasteiger partial charge in [0.1, 0.15) is 6.04 Å². The molecule has 0 radical (unpaired) electrons. The number of hydrogen-bond acceptors (Lipinski definition) is 8. The van der Waals surface area contributed by atoms with Gasteiger partial charge in [0.2, 0.25) is 12.2 Å². The summed E-state index contributed by atoms with van der Waals surface area (Å²) in [7, 11) is 0. The molecule has 0 aromatic heterocycles. The van der Waals surface area contributed by atoms with E-state index in [4.69, 9.17) is 15.3 Å². The molecule has 12 heteroatoms. The van der Waals surface area contributed by atoms with Crippen molar-refractivity contribution in [2.24, 2.45) is 5.73 Å². The number of urea groups is 1. The second-order valence-corrected chi connectivity index (χ2v) is 6.50. The van der Waals surface area contributed by atoms with E-state index in [1.54, 1.807) is 20.8 Å². The summed E-state index contributed by atoms with van der Waals surface area (Å²) >= 11 is 0. The zero-order valence-corrected chi connectivity index (χ0v) is 15.8. The Morgan fingerprint density at radius 3 is 2.43 bits per heavy atom. The van der Waals surface area contributed by atoms with E-state index in [1.807, 2.05) is 0 Å². The smallest absolute Gasteiger partial charge is 0.431 e. The van der Waals surface area contributed by atoms with Crippen LogP contribution in [0.2, 0.25) is 0 Å². The quantitative estimate of drug-likeness (QED) is 0.370. The summed E-state index contributed by atoms with van der Waals surface area (Å²) in [6, 6.07) is -2.49. The Morgan fingerprint density at radius 2 is 1.86 bits per heavy atom. The minimum Gasteiger partial charge on any atom is -0.431 e. The third-order valence-electron chi connectivity index (χ3n) is 3.85. The number of ether oxygens (including phenoxy) is 3. The van der Waals surface area contributed by atoms with E-state index in [0.29, 0.717) is 10.6 Å². The molecule has 11 nitrogen and oxygen atoms in total. The minimum absolute atomic E-state index is 0.0477. The van der Waals surface area contributed by atoms with E-state index in [0.717, 1.165) is 4.90 Å². The number of rotatable bonds is 7. The first-order chi connectivity index (χ1) is 13.0. The van der Waals surface area contributed by atoms with Gasteiger partial charge in [-0.1, -0.05) is 6.08 Å². The molecule has 156 valence electrons. The molecule has 0 aromatic carbocycles. The molecule has 0 aromatic rings. The fourth-order valence-corrected chi connectivity index (χ4v) is 2.84. The Hall–Kier alpha value is -2.89. The molecule has 0 saturated carbocycles. The number of hydrogen-bond donors (Lipinski definition) is 1. The van der Waals surface area contributed by atoms with Crippen LogP contribution >= 0.6 is 0 Å². The molecule has 4 atom stereocenters. The summed E-state index contributed by atoms with van der Waals surface area (Å²) in [5.41, 5.74) is 5.80. The molecule has 3 amide bonds. The topological polar surface area (TPSA) is 138 Å². The predicted molar refractivity (Wildman–Crippen MR) is 88.7 cm³/mol. The van der Waals surface area contributed by atoms with Gasteiger partial charge >= 0.3 is 24.5 Å². The van der Waals surface area contributed by atoms with Crippen molar-refractivity contribution in [1.82, 2.24) is 9.96 Å². The highest BCUT2D eigenvalue weighted by molar-refractivity contribution is 5.90. The van der Waals surface area contributed by atoms with Crippen molar-refractivity contribution in [2.45, 2.75) is 58.5 Å². The molecule has 2 N–H and O–H groups in total. The maximum atomic E-state index is 14.1. The molecule has 2 heterocycles. The van der Waals surface area contributed by atoms with Gasteiger partial charge in [-0.3, -0.25) is 4.79 Å². The summed E-state index contributed by atoms with van der Waals surface area (Å²) in [4.78, 5) is 52.9. The van der Waals surface area contributed by atoms with Crippen LogP contribution in [-0.4, -0.2) is 71.4 Å². The lowest BCUT2D eigenvalue weighted by molar-refractivity contribution is -0.234. The lowest BCUT2D eigenvalue weighted by Crippen LogP contribution is -2.48. The number of amides is 3. The Morgan fingerprint density at radius 1 is 1.21 bits per heavy atom. The van der Waals surface area contributed by atoms with Gasteiger partial charge in [0.15, 0.2) is 0 Å². The Balaban J connectivity index is 1.93. The largest absolute Gasteiger partial charge is 0.511 e. The molecule has 1 fully saturated rings. The van der Waals surface area contributed by atoms with Crippen LogP contribution in [0.4, 0.5) is 14.0 Å².